The highest BCUT2D eigenvalue weighted by atomic mass is 32.1. The second kappa shape index (κ2) is 7.48. The van der Waals surface area contributed by atoms with E-state index in [0.29, 0.717) is 17.8 Å². The molecule has 0 saturated heterocycles. The minimum Gasteiger partial charge on any atom is -0.289 e. The lowest BCUT2D eigenvalue weighted by atomic mass is 10.2. The number of anilines is 1. The summed E-state index contributed by atoms with van der Waals surface area (Å²) >= 11 is 1.58. The van der Waals surface area contributed by atoms with Gasteiger partial charge in [-0.25, -0.2) is 23.6 Å². The van der Waals surface area contributed by atoms with Crippen LogP contribution in [0, 0.1) is 5.82 Å². The Hall–Kier alpha value is -3.92. The monoisotopic (exact) mass is 419 g/mol. The van der Waals surface area contributed by atoms with Crippen molar-refractivity contribution < 1.29 is 9.18 Å². The van der Waals surface area contributed by atoms with E-state index in [4.69, 9.17) is 0 Å². The number of hydrogen-bond acceptors (Lipinski definition) is 6. The summed E-state index contributed by atoms with van der Waals surface area (Å²) in [5.74, 6) is -0.585. The second-order valence-electron chi connectivity index (χ2n) is 6.45. The number of nitrogens with one attached hydrogen (secondary N) is 1. The Balaban J connectivity index is 1.37. The van der Waals surface area contributed by atoms with Gasteiger partial charge >= 0.3 is 0 Å². The zero-order valence-electron chi connectivity index (χ0n) is 15.4. The molecular formula is C20H14FN7OS. The van der Waals surface area contributed by atoms with Gasteiger partial charge in [0.15, 0.2) is 5.65 Å². The third-order valence-electron chi connectivity index (χ3n) is 4.41. The van der Waals surface area contributed by atoms with Crippen molar-refractivity contribution in [3.63, 3.8) is 0 Å². The highest BCUT2D eigenvalue weighted by Crippen LogP contribution is 2.25. The van der Waals surface area contributed by atoms with Gasteiger partial charge in [0.25, 0.3) is 5.91 Å². The lowest BCUT2D eigenvalue weighted by molar-refractivity contribution is 0.102. The lowest BCUT2D eigenvalue weighted by Gasteiger charge is -2.03. The fraction of sp³-hybridized carbons (Fsp3) is 0.0500. The van der Waals surface area contributed by atoms with E-state index < -0.39 is 5.91 Å². The molecule has 1 amide bonds. The molecule has 1 N–H and O–H groups in total. The van der Waals surface area contributed by atoms with Crippen molar-refractivity contribution >= 4 is 28.8 Å². The summed E-state index contributed by atoms with van der Waals surface area (Å²) < 4.78 is 16.5. The van der Waals surface area contributed by atoms with Crippen LogP contribution in [-0.2, 0) is 6.54 Å². The number of carbonyl (C=O) groups is 1. The van der Waals surface area contributed by atoms with Crippen LogP contribution in [0.5, 0.6) is 0 Å². The Bertz CT molecular complexity index is 1340. The molecule has 0 aliphatic heterocycles. The Kier molecular flexibility index (Phi) is 4.52. The molecular weight excluding hydrogens is 405 g/mol. The van der Waals surface area contributed by atoms with Crippen LogP contribution >= 0.6 is 11.3 Å². The zero-order chi connectivity index (χ0) is 20.5. The Labute approximate surface area is 173 Å². The first-order valence-electron chi connectivity index (χ1n) is 8.99. The van der Waals surface area contributed by atoms with E-state index in [1.54, 1.807) is 34.2 Å². The summed E-state index contributed by atoms with van der Waals surface area (Å²) in [5, 5.41) is 13.2. The minimum absolute atomic E-state index is 0.144. The van der Waals surface area contributed by atoms with Gasteiger partial charge < -0.3 is 0 Å². The summed E-state index contributed by atoms with van der Waals surface area (Å²) in [7, 11) is 0. The van der Waals surface area contributed by atoms with Gasteiger partial charge in [-0.3, -0.25) is 10.1 Å². The molecule has 0 radical (unpaired) electrons. The number of hydrogen-bond donors (Lipinski definition) is 1. The van der Waals surface area contributed by atoms with E-state index in [-0.39, 0.29) is 11.8 Å². The van der Waals surface area contributed by atoms with Crippen molar-refractivity contribution in [2.24, 2.45) is 0 Å². The molecule has 0 aliphatic carbocycles. The normalized spacial score (nSPS) is 11.1. The average molecular weight is 419 g/mol. The molecule has 0 spiro atoms. The molecule has 0 fully saturated rings. The molecule has 30 heavy (non-hydrogen) atoms. The van der Waals surface area contributed by atoms with Crippen LogP contribution in [0.1, 0.15) is 15.9 Å². The standard InChI is InChI=1S/C20H14FN7OS/c21-14-4-1-3-13(9-14)11-27-12-23-20(26-27)25-19(29)15-10-24-28-16(6-7-22-18(15)28)17-5-2-8-30-17/h1-10,12H,11H2,(H,25,26,29). The molecule has 5 aromatic rings. The van der Waals surface area contributed by atoms with Gasteiger partial charge in [0, 0.05) is 6.20 Å². The molecule has 0 unspecified atom stereocenters. The second-order valence-corrected chi connectivity index (χ2v) is 7.40. The molecule has 148 valence electrons. The van der Waals surface area contributed by atoms with Gasteiger partial charge in [-0.1, -0.05) is 18.2 Å². The number of rotatable bonds is 5. The number of carbonyl (C=O) groups excluding carboxylic acids is 1. The van der Waals surface area contributed by atoms with Crippen LogP contribution in [-0.4, -0.2) is 35.3 Å². The molecule has 10 heteroatoms. The van der Waals surface area contributed by atoms with Crippen molar-refractivity contribution in [2.45, 2.75) is 6.54 Å². The minimum atomic E-state index is -0.413. The molecule has 5 rings (SSSR count). The number of halogens is 1. The summed E-state index contributed by atoms with van der Waals surface area (Å²) in [6.07, 6.45) is 4.59. The van der Waals surface area contributed by atoms with Gasteiger partial charge in [0.2, 0.25) is 5.95 Å². The molecule has 0 aliphatic rings. The highest BCUT2D eigenvalue weighted by molar-refractivity contribution is 7.13. The topological polar surface area (TPSA) is 90.0 Å². The summed E-state index contributed by atoms with van der Waals surface area (Å²) in [6.45, 7) is 0.336. The summed E-state index contributed by atoms with van der Waals surface area (Å²) in [6, 6.07) is 12.0. The van der Waals surface area contributed by atoms with Gasteiger partial charge in [-0.15, -0.1) is 16.4 Å². The Morgan fingerprint density at radius 1 is 1.17 bits per heavy atom. The quantitative estimate of drug-likeness (QED) is 0.471. The molecule has 0 saturated carbocycles. The van der Waals surface area contributed by atoms with Crippen LogP contribution in [0.4, 0.5) is 10.3 Å². The van der Waals surface area contributed by atoms with Crippen molar-refractivity contribution in [1.82, 2.24) is 29.4 Å². The number of fused-ring (bicyclic) bond motifs is 1. The lowest BCUT2D eigenvalue weighted by Crippen LogP contribution is -2.13. The number of benzene rings is 1. The van der Waals surface area contributed by atoms with E-state index >= 15 is 0 Å². The van der Waals surface area contributed by atoms with E-state index in [1.807, 2.05) is 23.6 Å². The van der Waals surface area contributed by atoms with Crippen LogP contribution in [0.3, 0.4) is 0 Å². The maximum atomic E-state index is 13.3. The molecule has 8 nitrogen and oxygen atoms in total. The maximum Gasteiger partial charge on any atom is 0.263 e. The third-order valence-corrected chi connectivity index (χ3v) is 5.31. The number of nitrogens with zero attached hydrogens (tertiary/aromatic N) is 6. The largest absolute Gasteiger partial charge is 0.289 e. The molecule has 4 aromatic heterocycles. The van der Waals surface area contributed by atoms with Gasteiger partial charge in [-0.2, -0.15) is 5.10 Å². The molecule has 4 heterocycles. The fourth-order valence-corrected chi connectivity index (χ4v) is 3.82. The van der Waals surface area contributed by atoms with Crippen molar-refractivity contribution in [3.8, 4) is 10.6 Å². The Morgan fingerprint density at radius 3 is 2.93 bits per heavy atom. The van der Waals surface area contributed by atoms with Crippen molar-refractivity contribution in [2.75, 3.05) is 5.32 Å². The SMILES string of the molecule is O=C(Nc1ncn(Cc2cccc(F)c2)n1)c1cnn2c(-c3cccs3)ccnc12. The molecule has 0 atom stereocenters. The van der Waals surface area contributed by atoms with Crippen LogP contribution in [0.2, 0.25) is 0 Å². The van der Waals surface area contributed by atoms with E-state index in [1.165, 1.54) is 29.3 Å². The first-order valence-corrected chi connectivity index (χ1v) is 9.87. The van der Waals surface area contributed by atoms with Crippen LogP contribution < -0.4 is 5.32 Å². The predicted octanol–water partition coefficient (Wildman–Crippen LogP) is 3.49. The van der Waals surface area contributed by atoms with Crippen LogP contribution in [0.25, 0.3) is 16.2 Å². The maximum absolute atomic E-state index is 13.3. The number of amides is 1. The number of aromatic nitrogens is 6. The van der Waals surface area contributed by atoms with Gasteiger partial charge in [-0.05, 0) is 35.2 Å². The van der Waals surface area contributed by atoms with E-state index in [2.05, 4.69) is 25.5 Å². The van der Waals surface area contributed by atoms with Crippen molar-refractivity contribution in [1.29, 1.82) is 0 Å². The van der Waals surface area contributed by atoms with E-state index in [9.17, 15) is 9.18 Å². The predicted molar refractivity (Wildman–Crippen MR) is 110 cm³/mol. The van der Waals surface area contributed by atoms with Gasteiger partial charge in [0.1, 0.15) is 17.7 Å². The van der Waals surface area contributed by atoms with Crippen LogP contribution in [0.15, 0.2) is 66.6 Å². The highest BCUT2D eigenvalue weighted by Gasteiger charge is 2.18. The fourth-order valence-electron chi connectivity index (χ4n) is 3.08. The van der Waals surface area contributed by atoms with Gasteiger partial charge in [0.05, 0.1) is 23.3 Å². The van der Waals surface area contributed by atoms with E-state index in [0.717, 1.165) is 16.1 Å². The Morgan fingerprint density at radius 2 is 2.10 bits per heavy atom. The average Bonchev–Trinajstić information content (AvgIpc) is 3.49. The zero-order valence-corrected chi connectivity index (χ0v) is 16.3. The smallest absolute Gasteiger partial charge is 0.263 e. The number of thiophene rings is 1. The van der Waals surface area contributed by atoms with Crippen molar-refractivity contribution in [3.05, 3.63) is 83.5 Å². The first-order chi connectivity index (χ1) is 14.7. The molecule has 1 aromatic carbocycles. The first kappa shape index (κ1) is 18.1. The third kappa shape index (κ3) is 3.44. The molecule has 0 bridgehead atoms. The summed E-state index contributed by atoms with van der Waals surface area (Å²) in [4.78, 5) is 22.2. The summed E-state index contributed by atoms with van der Waals surface area (Å²) in [5.41, 5.74) is 2.35.